The summed E-state index contributed by atoms with van der Waals surface area (Å²) >= 11 is 0. The Kier molecular flexibility index (Phi) is 5.16. The van der Waals surface area contributed by atoms with Crippen molar-refractivity contribution >= 4 is 5.84 Å². The minimum absolute atomic E-state index is 0.234. The zero-order valence-electron chi connectivity index (χ0n) is 5.75. The van der Waals surface area contributed by atoms with Crippen LogP contribution in [0.25, 0.3) is 0 Å². The van der Waals surface area contributed by atoms with Crippen molar-refractivity contribution in [3.05, 3.63) is 0 Å². The van der Waals surface area contributed by atoms with Crippen LogP contribution in [-0.2, 0) is 0 Å². The zero-order chi connectivity index (χ0) is 7.82. The van der Waals surface area contributed by atoms with Gasteiger partial charge in [-0.3, -0.25) is 0 Å². The van der Waals surface area contributed by atoms with Crippen molar-refractivity contribution in [1.82, 2.24) is 0 Å². The molecule has 4 heteroatoms. The quantitative estimate of drug-likeness (QED) is 0.200. The lowest BCUT2D eigenvalue weighted by Crippen LogP contribution is -2.10. The third-order valence-electron chi connectivity index (χ3n) is 1.10. The van der Waals surface area contributed by atoms with Crippen LogP contribution in [0.3, 0.4) is 0 Å². The van der Waals surface area contributed by atoms with E-state index >= 15 is 0 Å². The average Bonchev–Trinajstić information content (AvgIpc) is 1.98. The van der Waals surface area contributed by atoms with Crippen molar-refractivity contribution in [1.29, 1.82) is 5.26 Å². The van der Waals surface area contributed by atoms with E-state index in [2.05, 4.69) is 5.16 Å². The van der Waals surface area contributed by atoms with Gasteiger partial charge in [-0.05, 0) is 12.8 Å². The van der Waals surface area contributed by atoms with Crippen LogP contribution in [0.5, 0.6) is 0 Å². The molecule has 0 spiro atoms. The summed E-state index contributed by atoms with van der Waals surface area (Å²) < 4.78 is 0. The first-order valence-corrected chi connectivity index (χ1v) is 3.14. The highest BCUT2D eigenvalue weighted by atomic mass is 16.4. The van der Waals surface area contributed by atoms with Crippen LogP contribution in [0.1, 0.15) is 25.7 Å². The van der Waals surface area contributed by atoms with E-state index < -0.39 is 0 Å². The second-order valence-electron chi connectivity index (χ2n) is 1.96. The van der Waals surface area contributed by atoms with Gasteiger partial charge in [-0.2, -0.15) is 5.26 Å². The highest BCUT2D eigenvalue weighted by molar-refractivity contribution is 5.79. The Morgan fingerprint density at radius 1 is 1.60 bits per heavy atom. The summed E-state index contributed by atoms with van der Waals surface area (Å²) in [4.78, 5) is 0. The Morgan fingerprint density at radius 3 is 2.80 bits per heavy atom. The molecule has 3 N–H and O–H groups in total. The molecule has 0 bridgehead atoms. The SMILES string of the molecule is N#CCCCC/C(N)=N\O. The largest absolute Gasteiger partial charge is 0.409 e. The van der Waals surface area contributed by atoms with Crippen LogP contribution in [0.15, 0.2) is 5.16 Å². The molecule has 0 aliphatic heterocycles. The molecular weight excluding hydrogens is 130 g/mol. The maximum absolute atomic E-state index is 8.13. The maximum Gasteiger partial charge on any atom is 0.139 e. The van der Waals surface area contributed by atoms with Crippen molar-refractivity contribution in [2.45, 2.75) is 25.7 Å². The van der Waals surface area contributed by atoms with Gasteiger partial charge in [0, 0.05) is 12.8 Å². The molecule has 10 heavy (non-hydrogen) atoms. The lowest BCUT2D eigenvalue weighted by atomic mass is 10.2. The second-order valence-corrected chi connectivity index (χ2v) is 1.96. The van der Waals surface area contributed by atoms with E-state index in [0.717, 1.165) is 12.8 Å². The molecule has 0 aliphatic rings. The molecule has 0 fully saturated rings. The predicted octanol–water partition coefficient (Wildman–Crippen LogP) is 0.817. The number of hydrogen-bond donors (Lipinski definition) is 2. The number of rotatable bonds is 4. The number of oxime groups is 1. The van der Waals surface area contributed by atoms with Crippen LogP contribution in [-0.4, -0.2) is 11.0 Å². The number of nitriles is 1. The molecule has 0 aromatic carbocycles. The Morgan fingerprint density at radius 2 is 2.30 bits per heavy atom. The molecular formula is C6H11N3O. The van der Waals surface area contributed by atoms with Gasteiger partial charge in [-0.15, -0.1) is 0 Å². The lowest BCUT2D eigenvalue weighted by molar-refractivity contribution is 0.316. The monoisotopic (exact) mass is 141 g/mol. The zero-order valence-corrected chi connectivity index (χ0v) is 5.75. The van der Waals surface area contributed by atoms with Crippen LogP contribution >= 0.6 is 0 Å². The van der Waals surface area contributed by atoms with Crippen LogP contribution in [0, 0.1) is 11.3 Å². The molecule has 0 rings (SSSR count). The van der Waals surface area contributed by atoms with Gasteiger partial charge in [-0.25, -0.2) is 0 Å². The van der Waals surface area contributed by atoms with Crippen LogP contribution < -0.4 is 5.73 Å². The normalized spacial score (nSPS) is 10.9. The van der Waals surface area contributed by atoms with E-state index in [-0.39, 0.29) is 5.84 Å². The summed E-state index contributed by atoms with van der Waals surface area (Å²) in [5.41, 5.74) is 5.17. The van der Waals surface area contributed by atoms with Crippen molar-refractivity contribution in [2.75, 3.05) is 0 Å². The average molecular weight is 141 g/mol. The first kappa shape index (κ1) is 8.76. The number of hydrogen-bond acceptors (Lipinski definition) is 3. The smallest absolute Gasteiger partial charge is 0.139 e. The highest BCUT2D eigenvalue weighted by Gasteiger charge is 1.91. The summed E-state index contributed by atoms with van der Waals surface area (Å²) in [5, 5.41) is 19.0. The molecule has 0 atom stereocenters. The van der Waals surface area contributed by atoms with Crippen molar-refractivity contribution < 1.29 is 5.21 Å². The summed E-state index contributed by atoms with van der Waals surface area (Å²) in [6.45, 7) is 0. The molecule has 0 heterocycles. The lowest BCUT2D eigenvalue weighted by Gasteiger charge is -1.93. The van der Waals surface area contributed by atoms with Crippen LogP contribution in [0.2, 0.25) is 0 Å². The third-order valence-corrected chi connectivity index (χ3v) is 1.10. The van der Waals surface area contributed by atoms with Gasteiger partial charge in [0.15, 0.2) is 0 Å². The van der Waals surface area contributed by atoms with Crippen molar-refractivity contribution in [3.63, 3.8) is 0 Å². The summed E-state index contributed by atoms with van der Waals surface area (Å²) in [7, 11) is 0. The fourth-order valence-electron chi connectivity index (χ4n) is 0.560. The third kappa shape index (κ3) is 4.91. The molecule has 0 radical (unpaired) electrons. The molecule has 56 valence electrons. The summed E-state index contributed by atoms with van der Waals surface area (Å²) in [6.07, 6.45) is 2.73. The van der Waals surface area contributed by atoms with Gasteiger partial charge in [0.2, 0.25) is 0 Å². The minimum atomic E-state index is 0.234. The predicted molar refractivity (Wildman–Crippen MR) is 37.5 cm³/mol. The Hall–Kier alpha value is -1.24. The summed E-state index contributed by atoms with van der Waals surface area (Å²) in [5.74, 6) is 0.234. The number of unbranched alkanes of at least 4 members (excludes halogenated alkanes) is 2. The fraction of sp³-hybridized carbons (Fsp3) is 0.667. The molecule has 0 aromatic heterocycles. The first-order valence-electron chi connectivity index (χ1n) is 3.14. The van der Waals surface area contributed by atoms with Gasteiger partial charge in [0.1, 0.15) is 5.84 Å². The van der Waals surface area contributed by atoms with Crippen molar-refractivity contribution in [3.8, 4) is 6.07 Å². The highest BCUT2D eigenvalue weighted by Crippen LogP contribution is 1.97. The number of nitrogens with two attached hydrogens (primary N) is 1. The Balaban J connectivity index is 3.14. The molecule has 0 aliphatic carbocycles. The molecule has 0 saturated heterocycles. The second kappa shape index (κ2) is 5.89. The summed E-state index contributed by atoms with van der Waals surface area (Å²) in [6, 6.07) is 2.02. The number of amidine groups is 1. The van der Waals surface area contributed by atoms with Gasteiger partial charge >= 0.3 is 0 Å². The molecule has 4 nitrogen and oxygen atoms in total. The maximum atomic E-state index is 8.13. The fourth-order valence-corrected chi connectivity index (χ4v) is 0.560. The molecule has 0 amide bonds. The van der Waals surface area contributed by atoms with E-state index in [4.69, 9.17) is 16.2 Å². The molecule has 0 unspecified atom stereocenters. The Labute approximate surface area is 59.9 Å². The van der Waals surface area contributed by atoms with E-state index in [9.17, 15) is 0 Å². The standard InChI is InChI=1S/C6H11N3O/c7-5-3-1-2-4-6(8)9-10/h10H,1-4H2,(H2,8,9). The van der Waals surface area contributed by atoms with E-state index in [1.54, 1.807) is 0 Å². The van der Waals surface area contributed by atoms with E-state index in [1.807, 2.05) is 6.07 Å². The van der Waals surface area contributed by atoms with E-state index in [0.29, 0.717) is 12.8 Å². The minimum Gasteiger partial charge on any atom is -0.409 e. The Bertz CT molecular complexity index is 148. The topological polar surface area (TPSA) is 82.4 Å². The van der Waals surface area contributed by atoms with E-state index in [1.165, 1.54) is 0 Å². The van der Waals surface area contributed by atoms with Gasteiger partial charge in [0.05, 0.1) is 6.07 Å². The van der Waals surface area contributed by atoms with Crippen LogP contribution in [0.4, 0.5) is 0 Å². The molecule has 0 aromatic rings. The van der Waals surface area contributed by atoms with Gasteiger partial charge < -0.3 is 10.9 Å². The first-order chi connectivity index (χ1) is 4.81. The molecule has 0 saturated carbocycles. The van der Waals surface area contributed by atoms with Gasteiger partial charge in [0.25, 0.3) is 0 Å². The van der Waals surface area contributed by atoms with Gasteiger partial charge in [-0.1, -0.05) is 5.16 Å². The number of nitrogens with zero attached hydrogens (tertiary/aromatic N) is 2. The van der Waals surface area contributed by atoms with Crippen molar-refractivity contribution in [2.24, 2.45) is 10.9 Å².